The van der Waals surface area contributed by atoms with Crippen molar-refractivity contribution in [3.05, 3.63) is 41.4 Å². The Bertz CT molecular complexity index is 541. The SMILES string of the molecule is OCC#Cc1ccc(OCCSc2nccs2)cc1. The molecule has 1 N–H and O–H groups in total. The molecule has 98 valence electrons. The number of aliphatic hydroxyl groups excluding tert-OH is 1. The van der Waals surface area contributed by atoms with Crippen LogP contribution in [0.3, 0.4) is 0 Å². The van der Waals surface area contributed by atoms with Crippen molar-refractivity contribution in [3.8, 4) is 17.6 Å². The Balaban J connectivity index is 1.74. The van der Waals surface area contributed by atoms with Gasteiger partial charge in [0.1, 0.15) is 16.7 Å². The van der Waals surface area contributed by atoms with Crippen molar-refractivity contribution in [3.63, 3.8) is 0 Å². The molecule has 0 atom stereocenters. The van der Waals surface area contributed by atoms with Crippen LogP contribution >= 0.6 is 23.1 Å². The molecular weight excluding hydrogens is 278 g/mol. The van der Waals surface area contributed by atoms with Gasteiger partial charge in [0.05, 0.1) is 6.61 Å². The molecule has 0 bridgehead atoms. The van der Waals surface area contributed by atoms with Crippen molar-refractivity contribution >= 4 is 23.1 Å². The number of thiazole rings is 1. The topological polar surface area (TPSA) is 42.4 Å². The molecule has 2 aromatic rings. The van der Waals surface area contributed by atoms with Crippen molar-refractivity contribution in [1.82, 2.24) is 4.98 Å². The van der Waals surface area contributed by atoms with Crippen LogP contribution in [0.4, 0.5) is 0 Å². The van der Waals surface area contributed by atoms with E-state index in [0.29, 0.717) is 6.61 Å². The lowest BCUT2D eigenvalue weighted by molar-refractivity contribution is 0.344. The van der Waals surface area contributed by atoms with E-state index in [4.69, 9.17) is 9.84 Å². The number of rotatable bonds is 5. The zero-order chi connectivity index (χ0) is 13.3. The standard InChI is InChI=1S/C14H13NO2S2/c16-8-1-2-12-3-5-13(6-4-12)17-9-11-19-14-15-7-10-18-14/h3-7,10,16H,8-9,11H2. The molecular formula is C14H13NO2S2. The number of hydrogen-bond acceptors (Lipinski definition) is 5. The Morgan fingerprint density at radius 3 is 2.84 bits per heavy atom. The van der Waals surface area contributed by atoms with Gasteiger partial charge in [-0.15, -0.1) is 11.3 Å². The summed E-state index contributed by atoms with van der Waals surface area (Å²) in [7, 11) is 0. The van der Waals surface area contributed by atoms with Gasteiger partial charge in [-0.1, -0.05) is 23.6 Å². The van der Waals surface area contributed by atoms with Gasteiger partial charge < -0.3 is 9.84 Å². The first-order valence-corrected chi connectivity index (χ1v) is 7.60. The second-order valence-electron chi connectivity index (χ2n) is 3.48. The van der Waals surface area contributed by atoms with Gasteiger partial charge in [-0.05, 0) is 24.3 Å². The third-order valence-electron chi connectivity index (χ3n) is 2.15. The quantitative estimate of drug-likeness (QED) is 0.522. The average molecular weight is 291 g/mol. The van der Waals surface area contributed by atoms with E-state index in [1.165, 1.54) is 0 Å². The van der Waals surface area contributed by atoms with Crippen LogP contribution in [0.2, 0.25) is 0 Å². The number of hydrogen-bond donors (Lipinski definition) is 1. The minimum atomic E-state index is -0.119. The highest BCUT2D eigenvalue weighted by Crippen LogP contribution is 2.20. The first-order valence-electron chi connectivity index (χ1n) is 5.73. The van der Waals surface area contributed by atoms with Gasteiger partial charge in [0.15, 0.2) is 0 Å². The molecule has 2 rings (SSSR count). The molecule has 0 spiro atoms. The molecule has 0 unspecified atom stereocenters. The molecule has 0 amide bonds. The fraction of sp³-hybridized carbons (Fsp3) is 0.214. The van der Waals surface area contributed by atoms with Crippen molar-refractivity contribution in [2.45, 2.75) is 4.34 Å². The molecule has 0 saturated heterocycles. The second kappa shape index (κ2) is 7.85. The molecule has 0 fully saturated rings. The van der Waals surface area contributed by atoms with Crippen molar-refractivity contribution in [1.29, 1.82) is 0 Å². The zero-order valence-electron chi connectivity index (χ0n) is 10.2. The van der Waals surface area contributed by atoms with Crippen LogP contribution in [0.1, 0.15) is 5.56 Å². The fourth-order valence-electron chi connectivity index (χ4n) is 1.35. The highest BCUT2D eigenvalue weighted by Gasteiger charge is 1.97. The minimum absolute atomic E-state index is 0.119. The predicted molar refractivity (Wildman–Crippen MR) is 78.7 cm³/mol. The number of aromatic nitrogens is 1. The molecule has 1 aromatic heterocycles. The molecule has 0 aliphatic carbocycles. The summed E-state index contributed by atoms with van der Waals surface area (Å²) in [5, 5.41) is 10.6. The lowest BCUT2D eigenvalue weighted by atomic mass is 10.2. The summed E-state index contributed by atoms with van der Waals surface area (Å²) < 4.78 is 6.69. The first-order chi connectivity index (χ1) is 9.38. The van der Waals surface area contributed by atoms with E-state index >= 15 is 0 Å². The van der Waals surface area contributed by atoms with Gasteiger partial charge >= 0.3 is 0 Å². The summed E-state index contributed by atoms with van der Waals surface area (Å²) in [6.07, 6.45) is 1.81. The zero-order valence-corrected chi connectivity index (χ0v) is 11.8. The van der Waals surface area contributed by atoms with Crippen molar-refractivity contribution in [2.75, 3.05) is 19.0 Å². The van der Waals surface area contributed by atoms with E-state index in [2.05, 4.69) is 16.8 Å². The Kier molecular flexibility index (Phi) is 5.76. The van der Waals surface area contributed by atoms with E-state index in [9.17, 15) is 0 Å². The Labute approximate surface area is 120 Å². The maximum absolute atomic E-state index is 8.60. The van der Waals surface area contributed by atoms with Crippen molar-refractivity contribution in [2.24, 2.45) is 0 Å². The molecule has 0 aliphatic heterocycles. The Morgan fingerprint density at radius 1 is 1.32 bits per heavy atom. The maximum atomic E-state index is 8.60. The number of nitrogens with zero attached hydrogens (tertiary/aromatic N) is 1. The maximum Gasteiger partial charge on any atom is 0.149 e. The Morgan fingerprint density at radius 2 is 2.16 bits per heavy atom. The molecule has 1 heterocycles. The van der Waals surface area contributed by atoms with E-state index in [1.807, 2.05) is 29.6 Å². The summed E-state index contributed by atoms with van der Waals surface area (Å²) in [5.74, 6) is 7.15. The predicted octanol–water partition coefficient (Wildman–Crippen LogP) is 2.66. The van der Waals surface area contributed by atoms with Gasteiger partial charge in [0.2, 0.25) is 0 Å². The van der Waals surface area contributed by atoms with Gasteiger partial charge in [0.25, 0.3) is 0 Å². The van der Waals surface area contributed by atoms with E-state index in [-0.39, 0.29) is 6.61 Å². The molecule has 0 radical (unpaired) electrons. The third kappa shape index (κ3) is 4.95. The lowest BCUT2D eigenvalue weighted by Gasteiger charge is -2.04. The monoisotopic (exact) mass is 291 g/mol. The van der Waals surface area contributed by atoms with Crippen LogP contribution in [-0.4, -0.2) is 29.1 Å². The van der Waals surface area contributed by atoms with E-state index in [1.54, 1.807) is 29.3 Å². The van der Waals surface area contributed by atoms with E-state index in [0.717, 1.165) is 21.4 Å². The normalized spacial score (nSPS) is 9.74. The number of benzene rings is 1. The summed E-state index contributed by atoms with van der Waals surface area (Å²) in [6.45, 7) is 0.526. The van der Waals surface area contributed by atoms with Crippen LogP contribution in [0.15, 0.2) is 40.2 Å². The molecule has 1 aromatic carbocycles. The van der Waals surface area contributed by atoms with Crippen LogP contribution < -0.4 is 4.74 Å². The van der Waals surface area contributed by atoms with Gasteiger partial charge in [-0.2, -0.15) is 0 Å². The number of ether oxygens (including phenoxy) is 1. The van der Waals surface area contributed by atoms with Gasteiger partial charge in [-0.25, -0.2) is 4.98 Å². The molecule has 0 aliphatic rings. The summed E-state index contributed by atoms with van der Waals surface area (Å²) >= 11 is 3.33. The van der Waals surface area contributed by atoms with Crippen LogP contribution in [0.5, 0.6) is 5.75 Å². The minimum Gasteiger partial charge on any atom is -0.493 e. The Hall–Kier alpha value is -1.48. The van der Waals surface area contributed by atoms with Crippen molar-refractivity contribution < 1.29 is 9.84 Å². The number of aliphatic hydroxyl groups is 1. The lowest BCUT2D eigenvalue weighted by Crippen LogP contribution is -1.99. The summed E-state index contributed by atoms with van der Waals surface area (Å²) in [4.78, 5) is 4.19. The fourth-order valence-corrected chi connectivity index (χ4v) is 2.87. The summed E-state index contributed by atoms with van der Waals surface area (Å²) in [5.41, 5.74) is 0.874. The van der Waals surface area contributed by atoms with E-state index < -0.39 is 0 Å². The molecule has 5 heteroatoms. The molecule has 3 nitrogen and oxygen atoms in total. The average Bonchev–Trinajstić information content (AvgIpc) is 2.96. The third-order valence-corrected chi connectivity index (χ3v) is 4.08. The summed E-state index contributed by atoms with van der Waals surface area (Å²) in [6, 6.07) is 7.53. The smallest absolute Gasteiger partial charge is 0.149 e. The molecule has 19 heavy (non-hydrogen) atoms. The van der Waals surface area contributed by atoms with Crippen LogP contribution in [0.25, 0.3) is 0 Å². The van der Waals surface area contributed by atoms with Crippen LogP contribution in [-0.2, 0) is 0 Å². The largest absolute Gasteiger partial charge is 0.493 e. The second-order valence-corrected chi connectivity index (χ2v) is 5.72. The highest BCUT2D eigenvalue weighted by atomic mass is 32.2. The van der Waals surface area contributed by atoms with Gasteiger partial charge in [-0.3, -0.25) is 0 Å². The van der Waals surface area contributed by atoms with Crippen LogP contribution in [0, 0.1) is 11.8 Å². The number of thioether (sulfide) groups is 1. The first kappa shape index (κ1) is 13.9. The van der Waals surface area contributed by atoms with Gasteiger partial charge in [0, 0.05) is 22.9 Å². The highest BCUT2D eigenvalue weighted by molar-refractivity contribution is 8.01. The molecule has 0 saturated carbocycles.